The summed E-state index contributed by atoms with van der Waals surface area (Å²) in [6.45, 7) is 2.67. The molecule has 1 heterocycles. The second kappa shape index (κ2) is 4.26. The third-order valence-corrected chi connectivity index (χ3v) is 3.66. The van der Waals surface area contributed by atoms with Crippen LogP contribution in [0, 0.1) is 17.6 Å². The lowest BCUT2D eigenvalue weighted by Gasteiger charge is -2.35. The van der Waals surface area contributed by atoms with Crippen molar-refractivity contribution in [1.29, 1.82) is 0 Å². The molecule has 0 radical (unpaired) electrons. The second-order valence-corrected chi connectivity index (χ2v) is 4.94. The molecule has 2 nitrogen and oxygen atoms in total. The maximum absolute atomic E-state index is 13.2. The van der Waals surface area contributed by atoms with Crippen molar-refractivity contribution in [1.82, 2.24) is 5.32 Å². The van der Waals surface area contributed by atoms with E-state index in [1.807, 2.05) is 0 Å². The minimum absolute atomic E-state index is 0.511. The van der Waals surface area contributed by atoms with Crippen LogP contribution in [-0.2, 0) is 0 Å². The Morgan fingerprint density at radius 3 is 2.71 bits per heavy atom. The quantitative estimate of drug-likeness (QED) is 0.849. The first-order valence-corrected chi connectivity index (χ1v) is 6.17. The largest absolute Gasteiger partial charge is 0.369 e. The Bertz CT molecular complexity index is 418. The number of hydrogen-bond acceptors (Lipinski definition) is 2. The summed E-state index contributed by atoms with van der Waals surface area (Å²) in [5.74, 6) is -0.755. The van der Waals surface area contributed by atoms with Gasteiger partial charge >= 0.3 is 0 Å². The predicted octanol–water partition coefficient (Wildman–Crippen LogP) is 2.15. The number of hydrogen-bond donors (Lipinski definition) is 1. The zero-order valence-corrected chi connectivity index (χ0v) is 9.63. The highest BCUT2D eigenvalue weighted by atomic mass is 19.2. The number of rotatable bonds is 2. The molecule has 1 aliphatic heterocycles. The maximum Gasteiger partial charge on any atom is 0.160 e. The molecule has 2 fully saturated rings. The average molecular weight is 238 g/mol. The summed E-state index contributed by atoms with van der Waals surface area (Å²) >= 11 is 0. The van der Waals surface area contributed by atoms with Crippen LogP contribution >= 0.6 is 0 Å². The molecule has 1 N–H and O–H groups in total. The number of nitrogens with zero attached hydrogens (tertiary/aromatic N) is 1. The Morgan fingerprint density at radius 1 is 1.18 bits per heavy atom. The first kappa shape index (κ1) is 11.0. The van der Waals surface area contributed by atoms with Gasteiger partial charge in [-0.15, -0.1) is 0 Å². The molecule has 1 unspecified atom stereocenters. The summed E-state index contributed by atoms with van der Waals surface area (Å²) in [5, 5.41) is 3.50. The average Bonchev–Trinajstić information content (AvgIpc) is 3.17. The van der Waals surface area contributed by atoms with Crippen LogP contribution in [0.2, 0.25) is 0 Å². The molecule has 17 heavy (non-hydrogen) atoms. The van der Waals surface area contributed by atoms with Crippen molar-refractivity contribution in [2.45, 2.75) is 18.9 Å². The molecule has 0 bridgehead atoms. The minimum Gasteiger partial charge on any atom is -0.369 e. The smallest absolute Gasteiger partial charge is 0.160 e. The summed E-state index contributed by atoms with van der Waals surface area (Å²) in [6, 6.07) is 4.67. The van der Waals surface area contributed by atoms with Crippen LogP contribution in [0.4, 0.5) is 14.5 Å². The van der Waals surface area contributed by atoms with E-state index >= 15 is 0 Å². The number of nitrogens with one attached hydrogen (secondary N) is 1. The fraction of sp³-hybridized carbons (Fsp3) is 0.538. The molecule has 1 saturated heterocycles. The number of piperazine rings is 1. The van der Waals surface area contributed by atoms with Gasteiger partial charge in [0, 0.05) is 37.4 Å². The van der Waals surface area contributed by atoms with E-state index in [9.17, 15) is 8.78 Å². The van der Waals surface area contributed by atoms with E-state index < -0.39 is 11.6 Å². The first-order chi connectivity index (χ1) is 8.24. The van der Waals surface area contributed by atoms with Crippen LogP contribution in [0.5, 0.6) is 0 Å². The van der Waals surface area contributed by atoms with Gasteiger partial charge in [-0.2, -0.15) is 0 Å². The van der Waals surface area contributed by atoms with E-state index in [1.165, 1.54) is 25.0 Å². The van der Waals surface area contributed by atoms with Crippen molar-refractivity contribution >= 4 is 5.69 Å². The Hall–Kier alpha value is -1.16. The zero-order chi connectivity index (χ0) is 11.8. The SMILES string of the molecule is Fc1ccc(N2CCNC(C3CC3)C2)cc1F. The van der Waals surface area contributed by atoms with Crippen LogP contribution in [0.25, 0.3) is 0 Å². The summed E-state index contributed by atoms with van der Waals surface area (Å²) in [7, 11) is 0. The van der Waals surface area contributed by atoms with Crippen LogP contribution < -0.4 is 10.2 Å². The number of benzene rings is 1. The topological polar surface area (TPSA) is 15.3 Å². The van der Waals surface area contributed by atoms with Crippen molar-refractivity contribution in [3.8, 4) is 0 Å². The summed E-state index contributed by atoms with van der Waals surface area (Å²) < 4.78 is 26.1. The van der Waals surface area contributed by atoms with Gasteiger partial charge in [0.2, 0.25) is 0 Å². The van der Waals surface area contributed by atoms with E-state index in [1.54, 1.807) is 6.07 Å². The molecule has 0 amide bonds. The van der Waals surface area contributed by atoms with Gasteiger partial charge in [0.15, 0.2) is 11.6 Å². The summed E-state index contributed by atoms with van der Waals surface area (Å²) in [5.41, 5.74) is 0.788. The van der Waals surface area contributed by atoms with Gasteiger partial charge in [-0.1, -0.05) is 0 Å². The lowest BCUT2D eigenvalue weighted by molar-refractivity contribution is 0.418. The molecule has 1 atom stereocenters. The van der Waals surface area contributed by atoms with Gasteiger partial charge in [0.25, 0.3) is 0 Å². The second-order valence-electron chi connectivity index (χ2n) is 4.94. The van der Waals surface area contributed by atoms with Crippen molar-refractivity contribution in [2.24, 2.45) is 5.92 Å². The van der Waals surface area contributed by atoms with Crippen molar-refractivity contribution in [3.63, 3.8) is 0 Å². The molecule has 1 saturated carbocycles. The molecule has 0 spiro atoms. The van der Waals surface area contributed by atoms with Crippen molar-refractivity contribution in [3.05, 3.63) is 29.8 Å². The molecule has 1 aromatic carbocycles. The normalized spacial score (nSPS) is 25.1. The lowest BCUT2D eigenvalue weighted by Crippen LogP contribution is -2.51. The molecule has 1 aromatic rings. The fourth-order valence-electron chi connectivity index (χ4n) is 2.51. The Labute approximate surface area is 99.6 Å². The van der Waals surface area contributed by atoms with Crippen molar-refractivity contribution in [2.75, 3.05) is 24.5 Å². The number of halogens is 2. The van der Waals surface area contributed by atoms with E-state index in [0.29, 0.717) is 6.04 Å². The van der Waals surface area contributed by atoms with Gasteiger partial charge in [0.1, 0.15) is 0 Å². The van der Waals surface area contributed by atoms with Gasteiger partial charge in [-0.3, -0.25) is 0 Å². The minimum atomic E-state index is -0.775. The molecular weight excluding hydrogens is 222 g/mol. The molecule has 3 rings (SSSR count). The monoisotopic (exact) mass is 238 g/mol. The Balaban J connectivity index is 1.75. The van der Waals surface area contributed by atoms with Crippen LogP contribution in [0.3, 0.4) is 0 Å². The van der Waals surface area contributed by atoms with Crippen molar-refractivity contribution < 1.29 is 8.78 Å². The summed E-state index contributed by atoms with van der Waals surface area (Å²) in [4.78, 5) is 2.14. The summed E-state index contributed by atoms with van der Waals surface area (Å²) in [6.07, 6.45) is 2.59. The van der Waals surface area contributed by atoms with Crippen LogP contribution in [0.1, 0.15) is 12.8 Å². The highest BCUT2D eigenvalue weighted by Crippen LogP contribution is 2.34. The molecule has 92 valence electrons. The predicted molar refractivity (Wildman–Crippen MR) is 63.1 cm³/mol. The standard InChI is InChI=1S/C13H16F2N2/c14-11-4-3-10(7-12(11)15)17-6-5-16-13(8-17)9-1-2-9/h3-4,7,9,13,16H,1-2,5-6,8H2. The first-order valence-electron chi connectivity index (χ1n) is 6.17. The highest BCUT2D eigenvalue weighted by Gasteiger charge is 2.34. The third kappa shape index (κ3) is 2.27. The van der Waals surface area contributed by atoms with Gasteiger partial charge in [-0.25, -0.2) is 8.78 Å². The van der Waals surface area contributed by atoms with E-state index in [0.717, 1.165) is 31.2 Å². The molecule has 2 aliphatic rings. The Kier molecular flexibility index (Phi) is 2.74. The maximum atomic E-state index is 13.2. The van der Waals surface area contributed by atoms with E-state index in [4.69, 9.17) is 0 Å². The zero-order valence-electron chi connectivity index (χ0n) is 9.63. The van der Waals surface area contributed by atoms with Gasteiger partial charge in [0.05, 0.1) is 0 Å². The Morgan fingerprint density at radius 2 is 2.00 bits per heavy atom. The van der Waals surface area contributed by atoms with E-state index in [2.05, 4.69) is 10.2 Å². The highest BCUT2D eigenvalue weighted by molar-refractivity contribution is 5.47. The van der Waals surface area contributed by atoms with Crippen LogP contribution in [-0.4, -0.2) is 25.7 Å². The third-order valence-electron chi connectivity index (χ3n) is 3.66. The van der Waals surface area contributed by atoms with Crippen LogP contribution in [0.15, 0.2) is 18.2 Å². The molecule has 4 heteroatoms. The fourth-order valence-corrected chi connectivity index (χ4v) is 2.51. The molecular formula is C13H16F2N2. The van der Waals surface area contributed by atoms with E-state index in [-0.39, 0.29) is 0 Å². The lowest BCUT2D eigenvalue weighted by atomic mass is 10.1. The molecule has 0 aromatic heterocycles. The van der Waals surface area contributed by atoms with Gasteiger partial charge < -0.3 is 10.2 Å². The molecule has 1 aliphatic carbocycles. The van der Waals surface area contributed by atoms with Gasteiger partial charge in [-0.05, 0) is 30.9 Å². The number of anilines is 1.